The molecule has 25 heavy (non-hydrogen) atoms. The van der Waals surface area contributed by atoms with Crippen LogP contribution in [0.1, 0.15) is 37.7 Å². The summed E-state index contributed by atoms with van der Waals surface area (Å²) in [7, 11) is 1.59. The Bertz CT molecular complexity index is 600. The lowest BCUT2D eigenvalue weighted by atomic mass is 9.74. The van der Waals surface area contributed by atoms with Crippen LogP contribution in [0.3, 0.4) is 0 Å². The topological polar surface area (TPSA) is 75.8 Å². The van der Waals surface area contributed by atoms with Crippen molar-refractivity contribution in [3.8, 4) is 0 Å². The van der Waals surface area contributed by atoms with Crippen molar-refractivity contribution < 1.29 is 23.4 Å². The first kappa shape index (κ1) is 19.6. The first-order valence-corrected chi connectivity index (χ1v) is 8.60. The normalized spacial score (nSPS) is 20.3. The molecule has 1 saturated heterocycles. The number of hydrogen-bond acceptors (Lipinski definition) is 3. The molecule has 7 heteroatoms. The molecule has 0 spiro atoms. The minimum atomic E-state index is -1.56. The van der Waals surface area contributed by atoms with Crippen LogP contribution in [0.4, 0.5) is 13.6 Å². The minimum Gasteiger partial charge on any atom is -0.385 e. The predicted molar refractivity (Wildman–Crippen MR) is 89.9 cm³/mol. The van der Waals surface area contributed by atoms with Gasteiger partial charge in [0.15, 0.2) is 11.6 Å². The molecule has 2 rings (SSSR count). The Kier molecular flexibility index (Phi) is 6.72. The molecule has 2 atom stereocenters. The Labute approximate surface area is 146 Å². The Hall–Kier alpha value is -1.73. The highest BCUT2D eigenvalue weighted by atomic mass is 19.2. The summed E-state index contributed by atoms with van der Waals surface area (Å²) >= 11 is 0. The second kappa shape index (κ2) is 8.58. The average Bonchev–Trinajstić information content (AvgIpc) is 2.61. The van der Waals surface area contributed by atoms with Gasteiger partial charge in [0.2, 0.25) is 0 Å². The van der Waals surface area contributed by atoms with E-state index in [0.29, 0.717) is 38.8 Å². The highest BCUT2D eigenvalue weighted by Crippen LogP contribution is 2.41. The number of aliphatic hydroxyl groups is 1. The van der Waals surface area contributed by atoms with Gasteiger partial charge in [0.25, 0.3) is 0 Å². The third-order valence-electron chi connectivity index (χ3n) is 4.98. The molecular weight excluding hydrogens is 330 g/mol. The van der Waals surface area contributed by atoms with Crippen molar-refractivity contribution in [2.75, 3.05) is 26.8 Å². The number of nitrogens with two attached hydrogens (primary N) is 1. The number of carbonyl (C=O) groups excluding carboxylic acids is 1. The third kappa shape index (κ3) is 4.46. The van der Waals surface area contributed by atoms with E-state index in [4.69, 9.17) is 10.5 Å². The van der Waals surface area contributed by atoms with E-state index >= 15 is 0 Å². The van der Waals surface area contributed by atoms with Crippen LogP contribution in [-0.2, 0) is 10.3 Å². The number of likely N-dealkylation sites (tertiary alicyclic amines) is 1. The van der Waals surface area contributed by atoms with E-state index in [1.54, 1.807) is 7.11 Å². The van der Waals surface area contributed by atoms with E-state index in [1.165, 1.54) is 17.0 Å². The third-order valence-corrected chi connectivity index (χ3v) is 4.98. The highest BCUT2D eigenvalue weighted by molar-refractivity contribution is 5.72. The van der Waals surface area contributed by atoms with Crippen LogP contribution in [0.2, 0.25) is 0 Å². The van der Waals surface area contributed by atoms with Crippen LogP contribution in [-0.4, -0.2) is 42.8 Å². The van der Waals surface area contributed by atoms with Gasteiger partial charge in [0.1, 0.15) is 0 Å². The van der Waals surface area contributed by atoms with Crippen molar-refractivity contribution in [3.63, 3.8) is 0 Å². The van der Waals surface area contributed by atoms with Gasteiger partial charge in [-0.1, -0.05) is 12.1 Å². The zero-order valence-corrected chi connectivity index (χ0v) is 14.5. The first-order valence-electron chi connectivity index (χ1n) is 8.60. The summed E-state index contributed by atoms with van der Waals surface area (Å²) in [6.45, 7) is 1.27. The summed E-state index contributed by atoms with van der Waals surface area (Å²) in [5, 5.41) is 11.4. The lowest BCUT2D eigenvalue weighted by molar-refractivity contribution is -0.0587. The minimum absolute atomic E-state index is 0.0544. The number of urea groups is 1. The summed E-state index contributed by atoms with van der Waals surface area (Å²) in [6.07, 6.45) is 2.81. The van der Waals surface area contributed by atoms with Crippen molar-refractivity contribution in [2.24, 2.45) is 11.7 Å². The number of nitrogens with zero attached hydrogens (tertiary/aromatic N) is 1. The number of primary amides is 1. The summed E-state index contributed by atoms with van der Waals surface area (Å²) in [4.78, 5) is 12.9. The molecule has 1 aliphatic rings. The maximum Gasteiger partial charge on any atom is 0.314 e. The van der Waals surface area contributed by atoms with E-state index < -0.39 is 29.2 Å². The van der Waals surface area contributed by atoms with Crippen LogP contribution in [0.15, 0.2) is 18.2 Å². The maximum absolute atomic E-state index is 14.4. The standard InChI is InChI=1S/C18H26F2N2O3/c1-25-11-3-2-9-18(24,14-7-4-8-15(19)16(14)20)13-6-5-10-22(12-13)17(21)23/h4,7-8,13,24H,2-3,5-6,9-12H2,1H3,(H2,21,23)/t13-,18+/m1/s1. The van der Waals surface area contributed by atoms with Gasteiger partial charge in [-0.3, -0.25) is 0 Å². The van der Waals surface area contributed by atoms with Gasteiger partial charge in [-0.25, -0.2) is 13.6 Å². The maximum atomic E-state index is 14.4. The quantitative estimate of drug-likeness (QED) is 0.738. The predicted octanol–water partition coefficient (Wildman–Crippen LogP) is 2.76. The molecule has 140 valence electrons. The van der Waals surface area contributed by atoms with Gasteiger partial charge >= 0.3 is 6.03 Å². The van der Waals surface area contributed by atoms with E-state index in [0.717, 1.165) is 6.07 Å². The molecule has 0 aromatic heterocycles. The molecule has 2 amide bonds. The fraction of sp³-hybridized carbons (Fsp3) is 0.611. The highest BCUT2D eigenvalue weighted by Gasteiger charge is 2.42. The molecule has 1 aliphatic heterocycles. The number of ether oxygens (including phenoxy) is 1. The number of benzene rings is 1. The molecule has 3 N–H and O–H groups in total. The van der Waals surface area contributed by atoms with Crippen molar-refractivity contribution in [2.45, 2.75) is 37.7 Å². The summed E-state index contributed by atoms with van der Waals surface area (Å²) in [5.41, 5.74) is 3.74. The van der Waals surface area contributed by atoms with Gasteiger partial charge in [-0.2, -0.15) is 0 Å². The second-order valence-electron chi connectivity index (χ2n) is 6.60. The number of unbranched alkanes of at least 4 members (excludes halogenated alkanes) is 1. The van der Waals surface area contributed by atoms with Gasteiger partial charge in [0, 0.05) is 38.3 Å². The summed E-state index contributed by atoms with van der Waals surface area (Å²) < 4.78 is 33.2. The number of piperidine rings is 1. The summed E-state index contributed by atoms with van der Waals surface area (Å²) in [6, 6.07) is 3.27. The summed E-state index contributed by atoms with van der Waals surface area (Å²) in [5.74, 6) is -2.43. The SMILES string of the molecule is COCCCC[C@@](O)(c1cccc(F)c1F)[C@@H]1CCCN(C(N)=O)C1. The molecule has 0 saturated carbocycles. The number of amides is 2. The lowest BCUT2D eigenvalue weighted by Gasteiger charge is -2.42. The molecule has 0 bridgehead atoms. The van der Waals surface area contributed by atoms with Crippen LogP contribution in [0, 0.1) is 17.6 Å². The van der Waals surface area contributed by atoms with Crippen LogP contribution in [0.25, 0.3) is 0 Å². The fourth-order valence-corrected chi connectivity index (χ4v) is 3.60. The smallest absolute Gasteiger partial charge is 0.314 e. The number of methoxy groups -OCH3 is 1. The van der Waals surface area contributed by atoms with Gasteiger partial charge < -0.3 is 20.5 Å². The Morgan fingerprint density at radius 1 is 1.44 bits per heavy atom. The number of carbonyl (C=O) groups is 1. The Balaban J connectivity index is 2.31. The molecule has 1 aromatic carbocycles. The van der Waals surface area contributed by atoms with Gasteiger partial charge in [-0.05, 0) is 38.2 Å². The zero-order chi connectivity index (χ0) is 18.4. The second-order valence-corrected chi connectivity index (χ2v) is 6.60. The van der Waals surface area contributed by atoms with Gasteiger partial charge in [-0.15, -0.1) is 0 Å². The monoisotopic (exact) mass is 356 g/mol. The number of rotatable bonds is 7. The van der Waals surface area contributed by atoms with E-state index in [2.05, 4.69) is 0 Å². The largest absolute Gasteiger partial charge is 0.385 e. The van der Waals surface area contributed by atoms with Crippen LogP contribution in [0.5, 0.6) is 0 Å². The molecule has 5 nitrogen and oxygen atoms in total. The average molecular weight is 356 g/mol. The lowest BCUT2D eigenvalue weighted by Crippen LogP contribution is -2.50. The Morgan fingerprint density at radius 3 is 2.88 bits per heavy atom. The van der Waals surface area contributed by atoms with Gasteiger partial charge in [0.05, 0.1) is 5.60 Å². The molecular formula is C18H26F2N2O3. The molecule has 1 aromatic rings. The number of hydrogen-bond donors (Lipinski definition) is 2. The zero-order valence-electron chi connectivity index (χ0n) is 14.5. The van der Waals surface area contributed by atoms with Crippen molar-refractivity contribution in [3.05, 3.63) is 35.4 Å². The molecule has 0 radical (unpaired) electrons. The molecule has 1 heterocycles. The molecule has 0 aliphatic carbocycles. The Morgan fingerprint density at radius 2 is 2.20 bits per heavy atom. The van der Waals surface area contributed by atoms with Crippen LogP contribution < -0.4 is 5.73 Å². The van der Waals surface area contributed by atoms with Crippen molar-refractivity contribution in [1.82, 2.24) is 4.90 Å². The van der Waals surface area contributed by atoms with Crippen molar-refractivity contribution >= 4 is 6.03 Å². The van der Waals surface area contributed by atoms with E-state index in [9.17, 15) is 18.7 Å². The molecule has 0 unspecified atom stereocenters. The molecule has 1 fully saturated rings. The van der Waals surface area contributed by atoms with E-state index in [-0.39, 0.29) is 18.5 Å². The van der Waals surface area contributed by atoms with E-state index in [1.807, 2.05) is 0 Å². The number of halogens is 2. The fourth-order valence-electron chi connectivity index (χ4n) is 3.60. The van der Waals surface area contributed by atoms with Crippen molar-refractivity contribution in [1.29, 1.82) is 0 Å². The van der Waals surface area contributed by atoms with Crippen LogP contribution >= 0.6 is 0 Å². The first-order chi connectivity index (χ1) is 11.9.